The van der Waals surface area contributed by atoms with Gasteiger partial charge in [0.2, 0.25) is 11.8 Å². The van der Waals surface area contributed by atoms with Crippen LogP contribution in [0.4, 0.5) is 5.69 Å². The van der Waals surface area contributed by atoms with Crippen molar-refractivity contribution in [2.24, 2.45) is 5.92 Å². The smallest absolute Gasteiger partial charge is 0.264 e. The second-order valence-electron chi connectivity index (χ2n) is 11.7. The van der Waals surface area contributed by atoms with Crippen LogP contribution in [0.25, 0.3) is 0 Å². The Morgan fingerprint density at radius 3 is 1.96 bits per heavy atom. The lowest BCUT2D eigenvalue weighted by Gasteiger charge is -2.34. The van der Waals surface area contributed by atoms with E-state index in [9.17, 15) is 18.0 Å². The fraction of sp³-hybridized carbons (Fsp3) is 0.297. The van der Waals surface area contributed by atoms with E-state index in [2.05, 4.69) is 5.32 Å². The van der Waals surface area contributed by atoms with Crippen LogP contribution >= 0.6 is 0 Å². The topological polar surface area (TPSA) is 105 Å². The highest BCUT2D eigenvalue weighted by atomic mass is 32.2. The first kappa shape index (κ1) is 35.0. The summed E-state index contributed by atoms with van der Waals surface area (Å²) in [5.74, 6) is -0.0392. The third kappa shape index (κ3) is 9.13. The highest BCUT2D eigenvalue weighted by molar-refractivity contribution is 7.92. The van der Waals surface area contributed by atoms with Gasteiger partial charge in [0, 0.05) is 25.6 Å². The summed E-state index contributed by atoms with van der Waals surface area (Å²) >= 11 is 0. The van der Waals surface area contributed by atoms with Gasteiger partial charge in [-0.2, -0.15) is 0 Å². The first-order valence-corrected chi connectivity index (χ1v) is 16.9. The number of rotatable bonds is 15. The van der Waals surface area contributed by atoms with Gasteiger partial charge in [-0.1, -0.05) is 92.2 Å². The van der Waals surface area contributed by atoms with Crippen molar-refractivity contribution in [2.45, 2.75) is 44.7 Å². The van der Waals surface area contributed by atoms with E-state index in [4.69, 9.17) is 9.47 Å². The zero-order chi connectivity index (χ0) is 34.0. The third-order valence-corrected chi connectivity index (χ3v) is 9.47. The van der Waals surface area contributed by atoms with Gasteiger partial charge in [0.1, 0.15) is 12.6 Å². The van der Waals surface area contributed by atoms with Crippen LogP contribution in [0.2, 0.25) is 0 Å². The molecule has 0 heterocycles. The van der Waals surface area contributed by atoms with Crippen molar-refractivity contribution in [3.8, 4) is 11.5 Å². The summed E-state index contributed by atoms with van der Waals surface area (Å²) in [7, 11) is -1.41. The van der Waals surface area contributed by atoms with Crippen LogP contribution in [0.1, 0.15) is 30.5 Å². The zero-order valence-corrected chi connectivity index (χ0v) is 28.4. The third-order valence-electron chi connectivity index (χ3n) is 7.70. The van der Waals surface area contributed by atoms with Gasteiger partial charge in [0.05, 0.1) is 24.8 Å². The number of hydrogen-bond donors (Lipinski definition) is 1. The maximum atomic E-state index is 14.6. The maximum absolute atomic E-state index is 14.6. The molecule has 0 aromatic heterocycles. The van der Waals surface area contributed by atoms with Crippen LogP contribution in [0.5, 0.6) is 11.5 Å². The van der Waals surface area contributed by atoms with Crippen molar-refractivity contribution in [1.29, 1.82) is 0 Å². The van der Waals surface area contributed by atoms with Gasteiger partial charge in [-0.05, 0) is 48.2 Å². The Balaban J connectivity index is 1.80. The van der Waals surface area contributed by atoms with E-state index in [-0.39, 0.29) is 35.4 Å². The molecule has 2 amide bonds. The second kappa shape index (κ2) is 16.1. The molecule has 0 aliphatic carbocycles. The molecule has 4 aromatic carbocycles. The molecule has 47 heavy (non-hydrogen) atoms. The lowest BCUT2D eigenvalue weighted by molar-refractivity contribution is -0.140. The van der Waals surface area contributed by atoms with Gasteiger partial charge in [0.15, 0.2) is 11.5 Å². The number of carbonyl (C=O) groups is 2. The van der Waals surface area contributed by atoms with Crippen molar-refractivity contribution >= 4 is 27.5 Å². The Kier molecular flexibility index (Phi) is 12.0. The number of nitrogens with one attached hydrogen (secondary N) is 1. The van der Waals surface area contributed by atoms with Crippen molar-refractivity contribution in [3.63, 3.8) is 0 Å². The quantitative estimate of drug-likeness (QED) is 0.178. The molecule has 0 fully saturated rings. The molecule has 0 aliphatic heterocycles. The summed E-state index contributed by atoms with van der Waals surface area (Å²) in [4.78, 5) is 29.9. The first-order chi connectivity index (χ1) is 22.5. The van der Waals surface area contributed by atoms with Crippen LogP contribution in [-0.4, -0.2) is 58.5 Å². The summed E-state index contributed by atoms with van der Waals surface area (Å²) < 4.78 is 40.5. The van der Waals surface area contributed by atoms with Gasteiger partial charge in [-0.25, -0.2) is 8.42 Å². The minimum atomic E-state index is -4.30. The number of benzene rings is 4. The van der Waals surface area contributed by atoms with Crippen LogP contribution in [0.3, 0.4) is 0 Å². The molecule has 0 spiro atoms. The summed E-state index contributed by atoms with van der Waals surface area (Å²) in [6, 6.07) is 29.1. The molecule has 0 radical (unpaired) electrons. The van der Waals surface area contributed by atoms with Crippen LogP contribution in [-0.2, 0) is 32.6 Å². The van der Waals surface area contributed by atoms with E-state index >= 15 is 0 Å². The highest BCUT2D eigenvalue weighted by Crippen LogP contribution is 2.32. The van der Waals surface area contributed by atoms with Gasteiger partial charge in [-0.15, -0.1) is 0 Å². The summed E-state index contributed by atoms with van der Waals surface area (Å²) in [5, 5.41) is 3.00. The number of anilines is 1. The van der Waals surface area contributed by atoms with E-state index in [0.717, 1.165) is 21.0 Å². The Morgan fingerprint density at radius 1 is 0.787 bits per heavy atom. The van der Waals surface area contributed by atoms with Gasteiger partial charge in [-0.3, -0.25) is 13.9 Å². The van der Waals surface area contributed by atoms with E-state index in [1.54, 1.807) is 24.3 Å². The van der Waals surface area contributed by atoms with Gasteiger partial charge in [0.25, 0.3) is 10.0 Å². The summed E-state index contributed by atoms with van der Waals surface area (Å²) in [5.41, 5.74) is 2.91. The molecule has 0 saturated carbocycles. The molecule has 1 N–H and O–H groups in total. The minimum absolute atomic E-state index is 0.0753. The number of sulfonamides is 1. The molecule has 0 aliphatic rings. The normalized spacial score (nSPS) is 11.9. The molecule has 248 valence electrons. The van der Waals surface area contributed by atoms with Crippen LogP contribution in [0, 0.1) is 12.8 Å². The predicted molar refractivity (Wildman–Crippen MR) is 184 cm³/mol. The van der Waals surface area contributed by atoms with Crippen LogP contribution < -0.4 is 19.1 Å². The maximum Gasteiger partial charge on any atom is 0.264 e. The molecule has 4 rings (SSSR count). The van der Waals surface area contributed by atoms with E-state index in [1.807, 2.05) is 81.4 Å². The number of methoxy groups -OCH3 is 2. The van der Waals surface area contributed by atoms with E-state index in [1.165, 1.54) is 37.3 Å². The number of nitrogens with zero attached hydrogens (tertiary/aromatic N) is 2. The largest absolute Gasteiger partial charge is 0.493 e. The van der Waals surface area contributed by atoms with Crippen molar-refractivity contribution in [3.05, 3.63) is 120 Å². The zero-order valence-electron chi connectivity index (χ0n) is 27.6. The number of carbonyl (C=O) groups excluding carboxylic acids is 2. The van der Waals surface area contributed by atoms with Gasteiger partial charge >= 0.3 is 0 Å². The average Bonchev–Trinajstić information content (AvgIpc) is 3.08. The lowest BCUT2D eigenvalue weighted by atomic mass is 10.0. The Morgan fingerprint density at radius 2 is 1.38 bits per heavy atom. The monoisotopic (exact) mass is 657 g/mol. The van der Waals surface area contributed by atoms with Crippen molar-refractivity contribution in [1.82, 2.24) is 10.2 Å². The number of hydrogen-bond acceptors (Lipinski definition) is 6. The molecule has 9 nitrogen and oxygen atoms in total. The standard InChI is InChI=1S/C37H43N3O6S/c1-27(2)24-38-37(42)33(22-29-12-8-6-9-13-29)39(25-30-14-10-7-11-15-30)36(41)26-40(31-18-16-28(3)17-19-31)47(43,44)32-20-21-34(45-4)35(23-32)46-5/h6-21,23,27,33H,22,24-26H2,1-5H3,(H,38,42)/t33-/m1/s1. The molecular weight excluding hydrogens is 614 g/mol. The Hall–Kier alpha value is -4.83. The Labute approximate surface area is 278 Å². The fourth-order valence-electron chi connectivity index (χ4n) is 5.10. The minimum Gasteiger partial charge on any atom is -0.493 e. The molecule has 0 unspecified atom stereocenters. The second-order valence-corrected chi connectivity index (χ2v) is 13.6. The highest BCUT2D eigenvalue weighted by Gasteiger charge is 2.35. The van der Waals surface area contributed by atoms with E-state index < -0.39 is 28.5 Å². The number of ether oxygens (including phenoxy) is 2. The summed E-state index contributed by atoms with van der Waals surface area (Å²) in [6.07, 6.45) is 0.246. The first-order valence-electron chi connectivity index (χ1n) is 15.5. The fourth-order valence-corrected chi connectivity index (χ4v) is 6.53. The molecular formula is C37H43N3O6S. The average molecular weight is 658 g/mol. The van der Waals surface area contributed by atoms with Gasteiger partial charge < -0.3 is 19.7 Å². The number of aryl methyl sites for hydroxylation is 1. The lowest BCUT2D eigenvalue weighted by Crippen LogP contribution is -2.53. The molecule has 0 bridgehead atoms. The SMILES string of the molecule is COc1ccc(S(=O)(=O)N(CC(=O)N(Cc2ccccc2)[C@H](Cc2ccccc2)C(=O)NCC(C)C)c2ccc(C)cc2)cc1OC. The van der Waals surface area contributed by atoms with Crippen molar-refractivity contribution in [2.75, 3.05) is 31.6 Å². The predicted octanol–water partition coefficient (Wildman–Crippen LogP) is 5.62. The Bertz CT molecular complexity index is 1730. The molecule has 1 atom stereocenters. The number of amides is 2. The summed E-state index contributed by atoms with van der Waals surface area (Å²) in [6.45, 7) is 5.88. The van der Waals surface area contributed by atoms with Crippen LogP contribution in [0.15, 0.2) is 108 Å². The molecule has 0 saturated heterocycles. The molecule has 10 heteroatoms. The molecule has 4 aromatic rings. The van der Waals surface area contributed by atoms with Crippen molar-refractivity contribution < 1.29 is 27.5 Å². The van der Waals surface area contributed by atoms with E-state index in [0.29, 0.717) is 18.0 Å².